The minimum Gasteiger partial charge on any atom is -0.258 e. The maximum Gasteiger partial charge on any atom is 0.270 e. The molecule has 0 N–H and O–H groups in total. The summed E-state index contributed by atoms with van der Waals surface area (Å²) in [7, 11) is 0. The zero-order valence-corrected chi connectivity index (χ0v) is 7.87. The van der Waals surface area contributed by atoms with Gasteiger partial charge >= 0.3 is 0 Å². The van der Waals surface area contributed by atoms with Crippen LogP contribution in [0.1, 0.15) is 11.1 Å². The summed E-state index contributed by atoms with van der Waals surface area (Å²) in [6.07, 6.45) is 0. The highest BCUT2D eigenvalue weighted by atomic mass is 79.9. The molecule has 0 atom stereocenters. The molecule has 0 aliphatic heterocycles. The van der Waals surface area contributed by atoms with Crippen LogP contribution in [-0.4, -0.2) is 4.92 Å². The van der Waals surface area contributed by atoms with Gasteiger partial charge in [0, 0.05) is 17.5 Å². The zero-order valence-electron chi connectivity index (χ0n) is 6.29. The highest BCUT2D eigenvalue weighted by Gasteiger charge is 2.06. The first-order valence-electron chi connectivity index (χ1n) is 3.30. The van der Waals surface area contributed by atoms with Crippen molar-refractivity contribution < 1.29 is 4.92 Å². The molecule has 1 rings (SSSR count). The highest BCUT2D eigenvalue weighted by Crippen LogP contribution is 2.18. The fourth-order valence-electron chi connectivity index (χ4n) is 0.926. The summed E-state index contributed by atoms with van der Waals surface area (Å²) in [5, 5.41) is 11.0. The van der Waals surface area contributed by atoms with Crippen LogP contribution in [0, 0.1) is 17.0 Å². The number of benzene rings is 1. The van der Waals surface area contributed by atoms with E-state index < -0.39 is 4.92 Å². The third-order valence-corrected chi connectivity index (χ3v) is 2.05. The average molecular weight is 229 g/mol. The number of halogens is 1. The number of rotatable bonds is 2. The molecule has 0 fully saturated rings. The van der Waals surface area contributed by atoms with E-state index in [0.717, 1.165) is 5.56 Å². The molecule has 1 radical (unpaired) electrons. The smallest absolute Gasteiger partial charge is 0.258 e. The summed E-state index contributed by atoms with van der Waals surface area (Å²) in [5.74, 6) is 0. The summed E-state index contributed by atoms with van der Waals surface area (Å²) in [5.41, 5.74) is 1.63. The van der Waals surface area contributed by atoms with E-state index in [4.69, 9.17) is 0 Å². The number of nitrogens with zero attached hydrogens (tertiary/aromatic N) is 1. The summed E-state index contributed by atoms with van der Waals surface area (Å²) in [4.78, 5) is 9.97. The van der Waals surface area contributed by atoms with E-state index in [-0.39, 0.29) is 5.69 Å². The van der Waals surface area contributed by atoms with Gasteiger partial charge < -0.3 is 0 Å². The minimum atomic E-state index is -0.416. The molecule has 0 heterocycles. The number of nitro benzene ring substituents is 1. The highest BCUT2D eigenvalue weighted by molar-refractivity contribution is 9.08. The third-order valence-electron chi connectivity index (χ3n) is 1.40. The first-order chi connectivity index (χ1) is 5.63. The van der Waals surface area contributed by atoms with Crippen molar-refractivity contribution in [3.63, 3.8) is 0 Å². The maximum atomic E-state index is 10.4. The number of nitro groups is 1. The molecule has 0 aliphatic rings. The molecule has 0 saturated heterocycles. The van der Waals surface area contributed by atoms with Crippen LogP contribution in [0.5, 0.6) is 0 Å². The summed E-state index contributed by atoms with van der Waals surface area (Å²) < 4.78 is 0. The lowest BCUT2D eigenvalue weighted by atomic mass is 10.1. The van der Waals surface area contributed by atoms with Crippen LogP contribution in [0.4, 0.5) is 5.69 Å². The van der Waals surface area contributed by atoms with E-state index in [1.165, 1.54) is 12.1 Å². The Morgan fingerprint density at radius 3 is 2.67 bits per heavy atom. The average Bonchev–Trinajstić information content (AvgIpc) is 2.03. The van der Waals surface area contributed by atoms with Gasteiger partial charge in [0.25, 0.3) is 5.69 Å². The molecule has 1 aromatic rings. The molecule has 0 saturated carbocycles. The first-order valence-corrected chi connectivity index (χ1v) is 4.42. The van der Waals surface area contributed by atoms with E-state index in [1.807, 2.05) is 6.07 Å². The zero-order chi connectivity index (χ0) is 9.14. The molecule has 4 heteroatoms. The monoisotopic (exact) mass is 228 g/mol. The van der Waals surface area contributed by atoms with Gasteiger partial charge in [-0.05, 0) is 18.1 Å². The Hall–Kier alpha value is -0.900. The molecular weight excluding hydrogens is 222 g/mol. The second-order valence-electron chi connectivity index (χ2n) is 2.40. The third kappa shape index (κ3) is 2.04. The Morgan fingerprint density at radius 2 is 2.17 bits per heavy atom. The van der Waals surface area contributed by atoms with Gasteiger partial charge in [-0.3, -0.25) is 10.1 Å². The van der Waals surface area contributed by atoms with Crippen molar-refractivity contribution in [2.45, 2.75) is 5.33 Å². The largest absolute Gasteiger partial charge is 0.270 e. The Morgan fingerprint density at radius 1 is 1.50 bits per heavy atom. The standard InChI is InChI=1S/C8H7BrNO2/c1-6-2-7(5-9)4-8(3-6)10(11)12/h2-4H,1,5H2. The van der Waals surface area contributed by atoms with Crippen LogP contribution in [-0.2, 0) is 5.33 Å². The molecule has 63 valence electrons. The van der Waals surface area contributed by atoms with E-state index in [0.29, 0.717) is 10.9 Å². The Balaban J connectivity index is 3.15. The molecule has 12 heavy (non-hydrogen) atoms. The Labute approximate surface area is 78.7 Å². The quantitative estimate of drug-likeness (QED) is 0.444. The van der Waals surface area contributed by atoms with Crippen molar-refractivity contribution in [2.24, 2.45) is 0 Å². The predicted octanol–water partition coefficient (Wildman–Crippen LogP) is 2.67. The lowest BCUT2D eigenvalue weighted by Crippen LogP contribution is -1.90. The van der Waals surface area contributed by atoms with Gasteiger partial charge in [0.1, 0.15) is 0 Å². The van der Waals surface area contributed by atoms with Crippen LogP contribution < -0.4 is 0 Å². The molecule has 0 spiro atoms. The molecule has 0 unspecified atom stereocenters. The van der Waals surface area contributed by atoms with Gasteiger partial charge in [-0.25, -0.2) is 0 Å². The molecule has 3 nitrogen and oxygen atoms in total. The van der Waals surface area contributed by atoms with Crippen LogP contribution in [0.15, 0.2) is 18.2 Å². The molecule has 0 amide bonds. The lowest BCUT2D eigenvalue weighted by Gasteiger charge is -1.97. The molecule has 0 bridgehead atoms. The number of hydrogen-bond acceptors (Lipinski definition) is 2. The molecule has 0 aliphatic carbocycles. The second-order valence-corrected chi connectivity index (χ2v) is 2.96. The second kappa shape index (κ2) is 3.67. The van der Waals surface area contributed by atoms with Crippen LogP contribution in [0.2, 0.25) is 0 Å². The van der Waals surface area contributed by atoms with E-state index in [9.17, 15) is 10.1 Å². The maximum absolute atomic E-state index is 10.4. The SMILES string of the molecule is [CH2]c1cc(CBr)cc([N+](=O)[O-])c1. The Kier molecular flexibility index (Phi) is 2.81. The summed E-state index contributed by atoms with van der Waals surface area (Å²) in [6, 6.07) is 4.79. The summed E-state index contributed by atoms with van der Waals surface area (Å²) >= 11 is 3.22. The number of alkyl halides is 1. The van der Waals surface area contributed by atoms with Crippen molar-refractivity contribution in [3.8, 4) is 0 Å². The van der Waals surface area contributed by atoms with E-state index in [1.54, 1.807) is 0 Å². The van der Waals surface area contributed by atoms with Gasteiger partial charge in [0.2, 0.25) is 0 Å². The van der Waals surface area contributed by atoms with Gasteiger partial charge in [-0.15, -0.1) is 0 Å². The summed E-state index contributed by atoms with van der Waals surface area (Å²) in [6.45, 7) is 3.65. The minimum absolute atomic E-state index is 0.0944. The Bertz CT molecular complexity index is 312. The number of hydrogen-bond donors (Lipinski definition) is 0. The fraction of sp³-hybridized carbons (Fsp3) is 0.125. The normalized spacial score (nSPS) is 9.83. The van der Waals surface area contributed by atoms with Crippen molar-refractivity contribution in [1.29, 1.82) is 0 Å². The fourth-order valence-corrected chi connectivity index (χ4v) is 1.25. The molecule has 1 aromatic carbocycles. The van der Waals surface area contributed by atoms with Crippen LogP contribution >= 0.6 is 15.9 Å². The lowest BCUT2D eigenvalue weighted by molar-refractivity contribution is -0.384. The predicted molar refractivity (Wildman–Crippen MR) is 50.2 cm³/mol. The molecular formula is C8H7BrNO2. The van der Waals surface area contributed by atoms with Crippen molar-refractivity contribution >= 4 is 21.6 Å². The first kappa shape index (κ1) is 9.19. The van der Waals surface area contributed by atoms with Crippen LogP contribution in [0.25, 0.3) is 0 Å². The van der Waals surface area contributed by atoms with Crippen molar-refractivity contribution in [2.75, 3.05) is 0 Å². The van der Waals surface area contributed by atoms with Crippen molar-refractivity contribution in [1.82, 2.24) is 0 Å². The van der Waals surface area contributed by atoms with E-state index in [2.05, 4.69) is 22.9 Å². The van der Waals surface area contributed by atoms with E-state index >= 15 is 0 Å². The van der Waals surface area contributed by atoms with Crippen LogP contribution in [0.3, 0.4) is 0 Å². The van der Waals surface area contributed by atoms with Gasteiger partial charge in [0.05, 0.1) is 4.92 Å². The molecule has 0 aromatic heterocycles. The topological polar surface area (TPSA) is 43.1 Å². The van der Waals surface area contributed by atoms with Gasteiger partial charge in [-0.1, -0.05) is 22.0 Å². The van der Waals surface area contributed by atoms with Gasteiger partial charge in [-0.2, -0.15) is 0 Å². The number of non-ortho nitro benzene ring substituents is 1. The van der Waals surface area contributed by atoms with Crippen molar-refractivity contribution in [3.05, 3.63) is 46.4 Å². The van der Waals surface area contributed by atoms with Gasteiger partial charge in [0.15, 0.2) is 0 Å².